The average Bonchev–Trinajstić information content (AvgIpc) is 3.38. The first-order chi connectivity index (χ1) is 18.6. The molecular weight excluding hydrogens is 560 g/mol. The minimum atomic E-state index is -4.01. The Kier molecular flexibility index (Phi) is 7.80. The summed E-state index contributed by atoms with van der Waals surface area (Å²) in [5.41, 5.74) is 3.15. The van der Waals surface area contributed by atoms with Gasteiger partial charge in [-0.25, -0.2) is 8.42 Å². The number of thiophene rings is 1. The predicted molar refractivity (Wildman–Crippen MR) is 151 cm³/mol. The molecule has 2 aromatic carbocycles. The third-order valence-electron chi connectivity index (χ3n) is 7.53. The molecular formula is C27H29ClN4O5S2. The van der Waals surface area contributed by atoms with Crippen LogP contribution in [0, 0.1) is 17.0 Å². The van der Waals surface area contributed by atoms with E-state index in [4.69, 9.17) is 11.6 Å². The number of amides is 1. The van der Waals surface area contributed by atoms with Crippen LogP contribution in [-0.2, 0) is 21.2 Å². The number of nitro groups is 1. The first-order valence-electron chi connectivity index (χ1n) is 12.7. The Morgan fingerprint density at radius 2 is 1.90 bits per heavy atom. The second kappa shape index (κ2) is 11.0. The molecule has 1 saturated heterocycles. The number of carbonyl (C=O) groups is 1. The van der Waals surface area contributed by atoms with Crippen LogP contribution >= 0.6 is 22.9 Å². The Labute approximate surface area is 236 Å². The number of hydrogen-bond acceptors (Lipinski definition) is 7. The van der Waals surface area contributed by atoms with Crippen LogP contribution in [0.3, 0.4) is 0 Å². The Morgan fingerprint density at radius 1 is 1.13 bits per heavy atom. The minimum absolute atomic E-state index is 0.00932. The number of piperazine rings is 1. The predicted octanol–water partition coefficient (Wildman–Crippen LogP) is 4.49. The van der Waals surface area contributed by atoms with Gasteiger partial charge in [-0.05, 0) is 60.5 Å². The van der Waals surface area contributed by atoms with E-state index >= 15 is 0 Å². The Bertz CT molecular complexity index is 1530. The summed E-state index contributed by atoms with van der Waals surface area (Å²) in [7, 11) is -4.01. The number of carbonyl (C=O) groups excluding carboxylic acids is 1. The molecule has 2 atom stereocenters. The third-order valence-corrected chi connectivity index (χ3v) is 10.9. The minimum Gasteiger partial charge on any atom is -0.339 e. The maximum atomic E-state index is 13.5. The molecule has 39 heavy (non-hydrogen) atoms. The fourth-order valence-electron chi connectivity index (χ4n) is 5.52. The van der Waals surface area contributed by atoms with Crippen molar-refractivity contribution in [2.45, 2.75) is 37.2 Å². The molecule has 0 aliphatic carbocycles. The molecule has 1 amide bonds. The van der Waals surface area contributed by atoms with Gasteiger partial charge in [0.05, 0.1) is 22.4 Å². The van der Waals surface area contributed by atoms with Crippen LogP contribution in [0.1, 0.15) is 34.5 Å². The van der Waals surface area contributed by atoms with E-state index in [1.165, 1.54) is 38.0 Å². The van der Waals surface area contributed by atoms with E-state index < -0.39 is 26.7 Å². The molecule has 0 bridgehead atoms. The molecule has 9 nitrogen and oxygen atoms in total. The third kappa shape index (κ3) is 5.33. The topological polar surface area (TPSA) is 104 Å². The normalized spacial score (nSPS) is 20.5. The van der Waals surface area contributed by atoms with Crippen LogP contribution < -0.4 is 0 Å². The van der Waals surface area contributed by atoms with Crippen molar-refractivity contribution >= 4 is 44.6 Å². The lowest BCUT2D eigenvalue weighted by molar-refractivity contribution is -0.384. The molecule has 206 valence electrons. The van der Waals surface area contributed by atoms with E-state index in [2.05, 4.69) is 35.4 Å². The fraction of sp³-hybridized carbons (Fsp3) is 0.370. The monoisotopic (exact) mass is 588 g/mol. The molecule has 0 radical (unpaired) electrons. The standard InChI is InChI=1S/C27H29ClN4O5S2/c1-18-5-3-4-6-21(18)27-22-10-14-38-25(22)9-11-30(27)17-26(33)29-12-13-31(19(2)16-29)39(36,37)20-7-8-23(28)24(15-20)32(34)35/h3-8,10,14-15,19,27H,9,11-13,16-17H2,1-2H3/t19-,27-/m1/s1. The van der Waals surface area contributed by atoms with Crippen molar-refractivity contribution in [1.82, 2.24) is 14.1 Å². The zero-order valence-corrected chi connectivity index (χ0v) is 24.0. The van der Waals surface area contributed by atoms with Gasteiger partial charge in [-0.1, -0.05) is 35.9 Å². The van der Waals surface area contributed by atoms with Gasteiger partial charge < -0.3 is 4.90 Å². The van der Waals surface area contributed by atoms with Crippen molar-refractivity contribution in [3.63, 3.8) is 0 Å². The number of hydrogen-bond donors (Lipinski definition) is 0. The van der Waals surface area contributed by atoms with Crippen LogP contribution in [-0.4, -0.2) is 72.1 Å². The molecule has 0 spiro atoms. The second-order valence-electron chi connectivity index (χ2n) is 9.95. The van der Waals surface area contributed by atoms with Crippen LogP contribution in [0.2, 0.25) is 5.02 Å². The van der Waals surface area contributed by atoms with E-state index in [0.717, 1.165) is 19.0 Å². The largest absolute Gasteiger partial charge is 0.339 e. The van der Waals surface area contributed by atoms with Gasteiger partial charge in [0.15, 0.2) is 0 Å². The highest BCUT2D eigenvalue weighted by Gasteiger charge is 2.38. The summed E-state index contributed by atoms with van der Waals surface area (Å²) in [5, 5.41) is 13.3. The summed E-state index contributed by atoms with van der Waals surface area (Å²) in [5.74, 6) is -0.0432. The SMILES string of the molecule is Cc1ccccc1[C@@H]1c2ccsc2CCN1CC(=O)N1CCN(S(=O)(=O)c2ccc(Cl)c([N+](=O)[O-])c2)[C@H](C)C1. The van der Waals surface area contributed by atoms with Gasteiger partial charge in [0.1, 0.15) is 5.02 Å². The Hall–Kier alpha value is -2.83. The number of benzene rings is 2. The van der Waals surface area contributed by atoms with Crippen molar-refractivity contribution in [2.24, 2.45) is 0 Å². The smallest absolute Gasteiger partial charge is 0.289 e. The summed E-state index contributed by atoms with van der Waals surface area (Å²) in [4.78, 5) is 29.2. The second-order valence-corrected chi connectivity index (χ2v) is 13.3. The summed E-state index contributed by atoms with van der Waals surface area (Å²) in [6, 6.07) is 13.4. The molecule has 0 saturated carbocycles. The Balaban J connectivity index is 1.31. The quantitative estimate of drug-likeness (QED) is 0.310. The van der Waals surface area contributed by atoms with Crippen molar-refractivity contribution in [1.29, 1.82) is 0 Å². The van der Waals surface area contributed by atoms with Gasteiger partial charge in [0.25, 0.3) is 5.69 Å². The molecule has 5 rings (SSSR count). The lowest BCUT2D eigenvalue weighted by Gasteiger charge is -2.41. The molecule has 2 aliphatic heterocycles. The highest BCUT2D eigenvalue weighted by molar-refractivity contribution is 7.89. The lowest BCUT2D eigenvalue weighted by Crippen LogP contribution is -2.57. The van der Waals surface area contributed by atoms with Crippen molar-refractivity contribution in [2.75, 3.05) is 32.7 Å². The number of rotatable bonds is 6. The number of nitrogens with zero attached hydrogens (tertiary/aromatic N) is 4. The molecule has 1 fully saturated rings. The number of halogens is 1. The van der Waals surface area contributed by atoms with Crippen LogP contribution in [0.4, 0.5) is 5.69 Å². The Morgan fingerprint density at radius 3 is 2.62 bits per heavy atom. The molecule has 3 aromatic rings. The van der Waals surface area contributed by atoms with E-state index in [1.54, 1.807) is 23.2 Å². The summed E-state index contributed by atoms with van der Waals surface area (Å²) >= 11 is 7.63. The first kappa shape index (κ1) is 27.7. The molecule has 3 heterocycles. The number of fused-ring (bicyclic) bond motifs is 1. The molecule has 2 aliphatic rings. The van der Waals surface area contributed by atoms with Gasteiger partial charge >= 0.3 is 0 Å². The lowest BCUT2D eigenvalue weighted by atomic mass is 9.90. The molecule has 12 heteroatoms. The van der Waals surface area contributed by atoms with Crippen molar-refractivity contribution < 1.29 is 18.1 Å². The fourth-order valence-corrected chi connectivity index (χ4v) is 8.25. The number of nitro benzene ring substituents is 1. The van der Waals surface area contributed by atoms with Gasteiger partial charge in [-0.3, -0.25) is 19.8 Å². The van der Waals surface area contributed by atoms with E-state index in [-0.39, 0.29) is 48.0 Å². The van der Waals surface area contributed by atoms with Gasteiger partial charge in [-0.15, -0.1) is 11.3 Å². The maximum absolute atomic E-state index is 13.5. The van der Waals surface area contributed by atoms with E-state index in [9.17, 15) is 23.3 Å². The van der Waals surface area contributed by atoms with Crippen LogP contribution in [0.25, 0.3) is 0 Å². The summed E-state index contributed by atoms with van der Waals surface area (Å²) in [6.07, 6.45) is 0.887. The number of sulfonamides is 1. The zero-order chi connectivity index (χ0) is 27.9. The van der Waals surface area contributed by atoms with Crippen molar-refractivity contribution in [3.05, 3.63) is 90.6 Å². The van der Waals surface area contributed by atoms with Crippen LogP contribution in [0.15, 0.2) is 58.8 Å². The first-order valence-corrected chi connectivity index (χ1v) is 15.4. The molecule has 1 aromatic heterocycles. The number of aryl methyl sites for hydroxylation is 1. The average molecular weight is 589 g/mol. The highest BCUT2D eigenvalue weighted by atomic mass is 35.5. The summed E-state index contributed by atoms with van der Waals surface area (Å²) in [6.45, 7) is 5.41. The van der Waals surface area contributed by atoms with Gasteiger partial charge in [0, 0.05) is 43.2 Å². The maximum Gasteiger partial charge on any atom is 0.289 e. The van der Waals surface area contributed by atoms with E-state index in [1.807, 2.05) is 12.1 Å². The van der Waals surface area contributed by atoms with E-state index in [0.29, 0.717) is 0 Å². The van der Waals surface area contributed by atoms with Gasteiger partial charge in [0.2, 0.25) is 15.9 Å². The summed E-state index contributed by atoms with van der Waals surface area (Å²) < 4.78 is 28.0. The highest BCUT2D eigenvalue weighted by Crippen LogP contribution is 2.39. The molecule has 0 unspecified atom stereocenters. The zero-order valence-electron chi connectivity index (χ0n) is 21.6. The van der Waals surface area contributed by atoms with Gasteiger partial charge in [-0.2, -0.15) is 4.31 Å². The van der Waals surface area contributed by atoms with Crippen LogP contribution in [0.5, 0.6) is 0 Å². The molecule has 0 N–H and O–H groups in total. The van der Waals surface area contributed by atoms with Crippen molar-refractivity contribution in [3.8, 4) is 0 Å².